The van der Waals surface area contributed by atoms with E-state index in [1.807, 2.05) is 48.2 Å². The van der Waals surface area contributed by atoms with Crippen LogP contribution in [-0.4, -0.2) is 17.4 Å². The molecule has 3 nitrogen and oxygen atoms in total. The SMILES string of the molecule is CCN(Cc1ccc(N)cc1)C(=O)c1ccc(Br)s1. The number of hydrogen-bond acceptors (Lipinski definition) is 3. The molecule has 0 spiro atoms. The molecular formula is C14H15BrN2OS. The summed E-state index contributed by atoms with van der Waals surface area (Å²) in [5.74, 6) is 0.0648. The van der Waals surface area contributed by atoms with Crippen LogP contribution in [0.3, 0.4) is 0 Å². The minimum Gasteiger partial charge on any atom is -0.399 e. The van der Waals surface area contributed by atoms with Crippen molar-refractivity contribution in [1.29, 1.82) is 0 Å². The van der Waals surface area contributed by atoms with E-state index in [9.17, 15) is 4.79 Å². The van der Waals surface area contributed by atoms with Gasteiger partial charge in [-0.15, -0.1) is 11.3 Å². The largest absolute Gasteiger partial charge is 0.399 e. The zero-order valence-corrected chi connectivity index (χ0v) is 13.0. The molecule has 2 N–H and O–H groups in total. The first-order chi connectivity index (χ1) is 9.10. The molecule has 1 aromatic carbocycles. The molecule has 2 aromatic rings. The highest BCUT2D eigenvalue weighted by molar-refractivity contribution is 9.11. The second-order valence-corrected chi connectivity index (χ2v) is 6.63. The number of nitrogen functional groups attached to an aromatic ring is 1. The minimum absolute atomic E-state index is 0.0648. The Labute approximate surface area is 125 Å². The number of hydrogen-bond donors (Lipinski definition) is 1. The first-order valence-corrected chi connectivity index (χ1v) is 7.60. The zero-order chi connectivity index (χ0) is 13.8. The molecule has 19 heavy (non-hydrogen) atoms. The Kier molecular flexibility index (Phi) is 4.61. The topological polar surface area (TPSA) is 46.3 Å². The van der Waals surface area contributed by atoms with Crippen molar-refractivity contribution >= 4 is 38.9 Å². The number of carbonyl (C=O) groups is 1. The molecule has 0 atom stereocenters. The molecule has 100 valence electrons. The van der Waals surface area contributed by atoms with E-state index < -0.39 is 0 Å². The minimum atomic E-state index is 0.0648. The molecule has 0 saturated carbocycles. The molecule has 0 aliphatic heterocycles. The molecule has 2 rings (SSSR count). The molecule has 1 heterocycles. The Morgan fingerprint density at radius 1 is 1.26 bits per heavy atom. The third kappa shape index (κ3) is 3.58. The average Bonchev–Trinajstić information content (AvgIpc) is 2.84. The average molecular weight is 339 g/mol. The number of benzene rings is 1. The molecule has 0 aliphatic rings. The van der Waals surface area contributed by atoms with Gasteiger partial charge < -0.3 is 10.6 Å². The predicted octanol–water partition coefficient (Wildman–Crippen LogP) is 3.76. The fraction of sp³-hybridized carbons (Fsp3) is 0.214. The van der Waals surface area contributed by atoms with Gasteiger partial charge in [-0.3, -0.25) is 4.79 Å². The van der Waals surface area contributed by atoms with Crippen LogP contribution in [0.1, 0.15) is 22.2 Å². The highest BCUT2D eigenvalue weighted by Gasteiger charge is 2.16. The van der Waals surface area contributed by atoms with E-state index in [2.05, 4.69) is 15.9 Å². The molecule has 0 unspecified atom stereocenters. The number of thiophene rings is 1. The summed E-state index contributed by atoms with van der Waals surface area (Å²) in [4.78, 5) is 14.9. The van der Waals surface area contributed by atoms with Crippen molar-refractivity contribution in [2.24, 2.45) is 0 Å². The van der Waals surface area contributed by atoms with Gasteiger partial charge in [0.05, 0.1) is 8.66 Å². The molecule has 0 aliphatic carbocycles. The lowest BCUT2D eigenvalue weighted by Gasteiger charge is -2.20. The van der Waals surface area contributed by atoms with Crippen LogP contribution in [0.5, 0.6) is 0 Å². The smallest absolute Gasteiger partial charge is 0.264 e. The van der Waals surface area contributed by atoms with Gasteiger partial charge in [-0.1, -0.05) is 12.1 Å². The molecule has 1 amide bonds. The molecule has 0 bridgehead atoms. The van der Waals surface area contributed by atoms with E-state index in [-0.39, 0.29) is 5.91 Å². The molecule has 1 aromatic heterocycles. The maximum atomic E-state index is 12.4. The summed E-state index contributed by atoms with van der Waals surface area (Å²) < 4.78 is 0.972. The Bertz CT molecular complexity index is 565. The number of halogens is 1. The summed E-state index contributed by atoms with van der Waals surface area (Å²) >= 11 is 4.84. The van der Waals surface area contributed by atoms with Crippen molar-refractivity contribution in [2.75, 3.05) is 12.3 Å². The van der Waals surface area contributed by atoms with Crippen LogP contribution in [0.15, 0.2) is 40.2 Å². The highest BCUT2D eigenvalue weighted by Crippen LogP contribution is 2.24. The highest BCUT2D eigenvalue weighted by atomic mass is 79.9. The van der Waals surface area contributed by atoms with Gasteiger partial charge in [-0.25, -0.2) is 0 Å². The number of amides is 1. The first-order valence-electron chi connectivity index (χ1n) is 5.99. The predicted molar refractivity (Wildman–Crippen MR) is 83.3 cm³/mol. The summed E-state index contributed by atoms with van der Waals surface area (Å²) in [6.07, 6.45) is 0. The van der Waals surface area contributed by atoms with Gasteiger partial charge in [-0.2, -0.15) is 0 Å². The standard InChI is InChI=1S/C14H15BrN2OS/c1-2-17(9-10-3-5-11(16)6-4-10)14(18)12-7-8-13(15)19-12/h3-8H,2,9,16H2,1H3. The second-order valence-electron chi connectivity index (χ2n) is 4.16. The number of nitrogens with two attached hydrogens (primary N) is 1. The van der Waals surface area contributed by atoms with Crippen molar-refractivity contribution in [1.82, 2.24) is 4.90 Å². The fourth-order valence-electron chi connectivity index (χ4n) is 1.76. The summed E-state index contributed by atoms with van der Waals surface area (Å²) in [5, 5.41) is 0. The first kappa shape index (κ1) is 14.1. The zero-order valence-electron chi connectivity index (χ0n) is 10.6. The van der Waals surface area contributed by atoms with Gasteiger partial charge in [0.1, 0.15) is 0 Å². The second kappa shape index (κ2) is 6.21. The van der Waals surface area contributed by atoms with E-state index in [4.69, 9.17) is 5.73 Å². The van der Waals surface area contributed by atoms with Gasteiger partial charge >= 0.3 is 0 Å². The van der Waals surface area contributed by atoms with Gasteiger partial charge in [0.15, 0.2) is 0 Å². The van der Waals surface area contributed by atoms with Crippen LogP contribution in [0, 0.1) is 0 Å². The molecular weight excluding hydrogens is 324 g/mol. The van der Waals surface area contributed by atoms with Crippen molar-refractivity contribution < 1.29 is 4.79 Å². The Hall–Kier alpha value is -1.33. The molecule has 0 saturated heterocycles. The number of anilines is 1. The van der Waals surface area contributed by atoms with Gasteiger partial charge in [0.2, 0.25) is 0 Å². The number of carbonyl (C=O) groups excluding carboxylic acids is 1. The van der Waals surface area contributed by atoms with Crippen LogP contribution in [0.25, 0.3) is 0 Å². The van der Waals surface area contributed by atoms with E-state index in [1.54, 1.807) is 0 Å². The van der Waals surface area contributed by atoms with Gasteiger partial charge in [0.25, 0.3) is 5.91 Å². The van der Waals surface area contributed by atoms with Gasteiger partial charge in [0, 0.05) is 18.8 Å². The van der Waals surface area contributed by atoms with Crippen molar-refractivity contribution in [3.63, 3.8) is 0 Å². The van der Waals surface area contributed by atoms with Crippen molar-refractivity contribution in [3.05, 3.63) is 50.6 Å². The third-order valence-electron chi connectivity index (χ3n) is 2.81. The Balaban J connectivity index is 2.11. The monoisotopic (exact) mass is 338 g/mol. The molecule has 0 fully saturated rings. The van der Waals surface area contributed by atoms with Crippen LogP contribution < -0.4 is 5.73 Å². The fourth-order valence-corrected chi connectivity index (χ4v) is 3.11. The number of rotatable bonds is 4. The van der Waals surface area contributed by atoms with Crippen LogP contribution >= 0.6 is 27.3 Å². The maximum Gasteiger partial charge on any atom is 0.264 e. The normalized spacial score (nSPS) is 10.4. The van der Waals surface area contributed by atoms with E-state index in [1.165, 1.54) is 11.3 Å². The molecule has 0 radical (unpaired) electrons. The van der Waals surface area contributed by atoms with E-state index in [0.29, 0.717) is 13.1 Å². The lowest BCUT2D eigenvalue weighted by Crippen LogP contribution is -2.29. The lowest BCUT2D eigenvalue weighted by atomic mass is 10.2. The molecule has 5 heteroatoms. The van der Waals surface area contributed by atoms with Crippen LogP contribution in [0.2, 0.25) is 0 Å². The summed E-state index contributed by atoms with van der Waals surface area (Å²) in [5.41, 5.74) is 7.48. The lowest BCUT2D eigenvalue weighted by molar-refractivity contribution is 0.0757. The van der Waals surface area contributed by atoms with Crippen molar-refractivity contribution in [3.8, 4) is 0 Å². The van der Waals surface area contributed by atoms with Crippen molar-refractivity contribution in [2.45, 2.75) is 13.5 Å². The van der Waals surface area contributed by atoms with Crippen LogP contribution in [0.4, 0.5) is 5.69 Å². The van der Waals surface area contributed by atoms with E-state index >= 15 is 0 Å². The van der Waals surface area contributed by atoms with Gasteiger partial charge in [-0.05, 0) is 52.7 Å². The Morgan fingerprint density at radius 3 is 2.47 bits per heavy atom. The summed E-state index contributed by atoms with van der Waals surface area (Å²) in [6, 6.07) is 11.4. The van der Waals surface area contributed by atoms with E-state index in [0.717, 1.165) is 19.9 Å². The summed E-state index contributed by atoms with van der Waals surface area (Å²) in [7, 11) is 0. The Morgan fingerprint density at radius 2 is 1.95 bits per heavy atom. The third-order valence-corrected chi connectivity index (χ3v) is 4.42. The number of nitrogens with zero attached hydrogens (tertiary/aromatic N) is 1. The quantitative estimate of drug-likeness (QED) is 0.863. The maximum absolute atomic E-state index is 12.4. The van der Waals surface area contributed by atoms with Crippen LogP contribution in [-0.2, 0) is 6.54 Å². The summed E-state index contributed by atoms with van der Waals surface area (Å²) in [6.45, 7) is 3.27.